The highest BCUT2D eigenvalue weighted by molar-refractivity contribution is 14.0. The van der Waals surface area contributed by atoms with Crippen molar-refractivity contribution in [3.05, 3.63) is 45.9 Å². The molecule has 0 fully saturated rings. The number of thiazole rings is 1. The Kier molecular flexibility index (Phi) is 11.3. The Balaban J connectivity index is 0.00000420. The summed E-state index contributed by atoms with van der Waals surface area (Å²) in [6.07, 6.45) is -4.42. The molecule has 0 aliphatic rings. The number of hydrogen-bond donors (Lipinski definition) is 2. The number of hydrogen-bond acceptors (Lipinski definition) is 5. The van der Waals surface area contributed by atoms with E-state index in [1.807, 2.05) is 31.2 Å². The Morgan fingerprint density at radius 3 is 2.48 bits per heavy atom. The molecule has 0 spiro atoms. The summed E-state index contributed by atoms with van der Waals surface area (Å²) >= 11 is 0.961. The summed E-state index contributed by atoms with van der Waals surface area (Å²) in [5.41, 5.74) is 0.106. The SMILES string of the molecule is CCNC(=NCc1ccc(OCCOC)cc1)NCc1nc(C(F)(F)F)cs1.I. The number of ether oxygens (including phenoxy) is 2. The van der Waals surface area contributed by atoms with Gasteiger partial charge in [-0.3, -0.25) is 0 Å². The third kappa shape index (κ3) is 9.17. The van der Waals surface area contributed by atoms with Crippen molar-refractivity contribution in [3.63, 3.8) is 0 Å². The Morgan fingerprint density at radius 1 is 1.17 bits per heavy atom. The highest BCUT2D eigenvalue weighted by Gasteiger charge is 2.33. The van der Waals surface area contributed by atoms with Crippen molar-refractivity contribution in [2.24, 2.45) is 4.99 Å². The van der Waals surface area contributed by atoms with E-state index in [0.717, 1.165) is 28.0 Å². The van der Waals surface area contributed by atoms with Crippen LogP contribution in [0, 0.1) is 0 Å². The molecule has 0 aliphatic carbocycles. The van der Waals surface area contributed by atoms with Crippen LogP contribution in [0.4, 0.5) is 13.2 Å². The second-order valence-corrected chi connectivity index (χ2v) is 6.60. The molecule has 2 aromatic rings. The number of aromatic nitrogens is 1. The van der Waals surface area contributed by atoms with Gasteiger partial charge in [-0.05, 0) is 24.6 Å². The maximum atomic E-state index is 12.6. The molecular weight excluding hydrogens is 520 g/mol. The normalized spacial score (nSPS) is 11.7. The molecule has 0 amide bonds. The molecule has 1 aromatic carbocycles. The van der Waals surface area contributed by atoms with E-state index in [9.17, 15) is 13.2 Å². The lowest BCUT2D eigenvalue weighted by Gasteiger charge is -2.10. The van der Waals surface area contributed by atoms with Gasteiger partial charge in [0.2, 0.25) is 0 Å². The fourth-order valence-corrected chi connectivity index (χ4v) is 2.87. The van der Waals surface area contributed by atoms with Crippen LogP contribution < -0.4 is 15.4 Å². The average Bonchev–Trinajstić information content (AvgIpc) is 3.15. The molecule has 1 heterocycles. The van der Waals surface area contributed by atoms with Gasteiger partial charge in [0.05, 0.1) is 19.7 Å². The highest BCUT2D eigenvalue weighted by Crippen LogP contribution is 2.29. The highest BCUT2D eigenvalue weighted by atomic mass is 127. The van der Waals surface area contributed by atoms with Gasteiger partial charge in [0.25, 0.3) is 0 Å². The van der Waals surface area contributed by atoms with Gasteiger partial charge in [-0.15, -0.1) is 35.3 Å². The van der Waals surface area contributed by atoms with E-state index in [1.54, 1.807) is 7.11 Å². The number of rotatable bonds is 9. The first-order chi connectivity index (χ1) is 13.4. The summed E-state index contributed by atoms with van der Waals surface area (Å²) in [6.45, 7) is 4.12. The Labute approximate surface area is 188 Å². The van der Waals surface area contributed by atoms with E-state index in [4.69, 9.17) is 9.47 Å². The quantitative estimate of drug-likeness (QED) is 0.216. The van der Waals surface area contributed by atoms with Crippen LogP contribution in [0.25, 0.3) is 0 Å². The predicted octanol–water partition coefficient (Wildman–Crippen LogP) is 4.06. The van der Waals surface area contributed by atoms with Crippen LogP contribution in [0.1, 0.15) is 23.2 Å². The molecule has 0 unspecified atom stereocenters. The van der Waals surface area contributed by atoms with Crippen LogP contribution in [0.15, 0.2) is 34.6 Å². The molecule has 0 saturated heterocycles. The number of guanidine groups is 1. The minimum Gasteiger partial charge on any atom is -0.491 e. The van der Waals surface area contributed by atoms with Gasteiger partial charge in [-0.1, -0.05) is 12.1 Å². The van der Waals surface area contributed by atoms with E-state index < -0.39 is 11.9 Å². The second kappa shape index (κ2) is 12.9. The third-order valence-corrected chi connectivity index (χ3v) is 4.34. The van der Waals surface area contributed by atoms with Gasteiger partial charge in [0, 0.05) is 19.0 Å². The van der Waals surface area contributed by atoms with Gasteiger partial charge in [0.15, 0.2) is 11.7 Å². The van der Waals surface area contributed by atoms with Crippen LogP contribution in [0.5, 0.6) is 5.75 Å². The molecule has 29 heavy (non-hydrogen) atoms. The smallest absolute Gasteiger partial charge is 0.434 e. The van der Waals surface area contributed by atoms with Crippen molar-refractivity contribution in [2.75, 3.05) is 26.9 Å². The lowest BCUT2D eigenvalue weighted by molar-refractivity contribution is -0.140. The summed E-state index contributed by atoms with van der Waals surface area (Å²) in [5.74, 6) is 1.26. The molecule has 0 saturated carbocycles. The van der Waals surface area contributed by atoms with Crippen LogP contribution in [-0.2, 0) is 24.0 Å². The van der Waals surface area contributed by atoms with Crippen LogP contribution in [-0.4, -0.2) is 37.8 Å². The fraction of sp³-hybridized carbons (Fsp3) is 0.444. The van der Waals surface area contributed by atoms with Crippen molar-refractivity contribution in [1.29, 1.82) is 0 Å². The van der Waals surface area contributed by atoms with Crippen molar-refractivity contribution < 1.29 is 22.6 Å². The van der Waals surface area contributed by atoms with Crippen molar-refractivity contribution >= 4 is 41.3 Å². The van der Waals surface area contributed by atoms with Crippen LogP contribution in [0.3, 0.4) is 0 Å². The van der Waals surface area contributed by atoms with E-state index in [2.05, 4.69) is 20.6 Å². The minimum absolute atomic E-state index is 0. The number of nitrogens with zero attached hydrogens (tertiary/aromatic N) is 2. The monoisotopic (exact) mass is 544 g/mol. The summed E-state index contributed by atoms with van der Waals surface area (Å²) in [5, 5.41) is 7.41. The zero-order valence-electron chi connectivity index (χ0n) is 16.1. The molecule has 2 rings (SSSR count). The molecule has 162 valence electrons. The lowest BCUT2D eigenvalue weighted by atomic mass is 10.2. The number of alkyl halides is 3. The zero-order chi connectivity index (χ0) is 20.4. The summed E-state index contributed by atoms with van der Waals surface area (Å²) in [6, 6.07) is 7.53. The first kappa shape index (κ1) is 25.4. The van der Waals surface area contributed by atoms with E-state index in [0.29, 0.717) is 37.3 Å². The van der Waals surface area contributed by atoms with E-state index in [1.165, 1.54) is 0 Å². The maximum Gasteiger partial charge on any atom is 0.434 e. The van der Waals surface area contributed by atoms with E-state index >= 15 is 0 Å². The van der Waals surface area contributed by atoms with Gasteiger partial charge >= 0.3 is 6.18 Å². The standard InChI is InChI=1S/C18H23F3N4O2S.HI/c1-3-22-17(24-11-16-25-15(12-28-16)18(19,20)21)23-10-13-4-6-14(7-5-13)27-9-8-26-2;/h4-7,12H,3,8-11H2,1-2H3,(H2,22,23,24);1H. The Bertz CT molecular complexity index is 754. The molecule has 11 heteroatoms. The Morgan fingerprint density at radius 2 is 1.90 bits per heavy atom. The van der Waals surface area contributed by atoms with Gasteiger partial charge in [-0.2, -0.15) is 13.2 Å². The zero-order valence-corrected chi connectivity index (χ0v) is 19.2. The summed E-state index contributed by atoms with van der Waals surface area (Å²) in [7, 11) is 1.62. The molecule has 0 radical (unpaired) electrons. The number of halogens is 4. The molecule has 2 N–H and O–H groups in total. The van der Waals surface area contributed by atoms with E-state index in [-0.39, 0.29) is 30.5 Å². The largest absolute Gasteiger partial charge is 0.491 e. The first-order valence-corrected chi connectivity index (χ1v) is 9.54. The number of aliphatic imine (C=N–C) groups is 1. The number of methoxy groups -OCH3 is 1. The van der Waals surface area contributed by atoms with Gasteiger partial charge in [-0.25, -0.2) is 9.98 Å². The molecule has 0 atom stereocenters. The molecular formula is C18H24F3IN4O2S. The first-order valence-electron chi connectivity index (χ1n) is 8.66. The summed E-state index contributed by atoms with van der Waals surface area (Å²) < 4.78 is 48.3. The summed E-state index contributed by atoms with van der Waals surface area (Å²) in [4.78, 5) is 8.05. The molecule has 0 aliphatic heterocycles. The van der Waals surface area contributed by atoms with Crippen molar-refractivity contribution in [3.8, 4) is 5.75 Å². The predicted molar refractivity (Wildman–Crippen MR) is 118 cm³/mol. The van der Waals surface area contributed by atoms with Crippen molar-refractivity contribution in [1.82, 2.24) is 15.6 Å². The lowest BCUT2D eigenvalue weighted by Crippen LogP contribution is -2.36. The molecule has 0 bridgehead atoms. The van der Waals surface area contributed by atoms with Crippen LogP contribution >= 0.6 is 35.3 Å². The van der Waals surface area contributed by atoms with Gasteiger partial charge < -0.3 is 20.1 Å². The topological polar surface area (TPSA) is 67.8 Å². The number of benzene rings is 1. The number of nitrogens with one attached hydrogen (secondary N) is 2. The molecule has 6 nitrogen and oxygen atoms in total. The minimum atomic E-state index is -4.42. The third-order valence-electron chi connectivity index (χ3n) is 3.49. The van der Waals surface area contributed by atoms with Gasteiger partial charge in [0.1, 0.15) is 17.4 Å². The van der Waals surface area contributed by atoms with Crippen molar-refractivity contribution in [2.45, 2.75) is 26.2 Å². The average molecular weight is 544 g/mol. The maximum absolute atomic E-state index is 12.6. The molecule has 1 aromatic heterocycles. The Hall–Kier alpha value is -1.60. The van der Waals surface area contributed by atoms with Crippen LogP contribution in [0.2, 0.25) is 0 Å². The second-order valence-electron chi connectivity index (χ2n) is 5.66. The fourth-order valence-electron chi connectivity index (χ4n) is 2.13.